The number of hydrogen-bond acceptors (Lipinski definition) is 3. The Kier molecular flexibility index (Phi) is 8.70. The van der Waals surface area contributed by atoms with E-state index in [1.807, 2.05) is 36.4 Å². The van der Waals surface area contributed by atoms with Crippen molar-refractivity contribution in [3.8, 4) is 11.1 Å². The number of fused-ring (bicyclic) bond motifs is 1. The van der Waals surface area contributed by atoms with Crippen LogP contribution in [0.2, 0.25) is 5.02 Å². The average molecular weight is 484 g/mol. The zero-order valence-corrected chi connectivity index (χ0v) is 19.6. The summed E-state index contributed by atoms with van der Waals surface area (Å²) in [5, 5.41) is 23.4. The standard InChI is InChI=1S/C27H26ClNO3.ClH/c28-24-11-8-21(9-12-24)26(30)17-29-25-13-10-20-6-7-22(15-23(20)16-25)19-4-1-18(2-5-19)3-14-27(31)32;/h1-9,11-12,14-15,25-26,29-30H,10,13,16-17H2,(H,31,32);1H/b14-3+;/t25-,26+;/m0./s1. The Morgan fingerprint density at radius 2 is 1.73 bits per heavy atom. The van der Waals surface area contributed by atoms with Crippen LogP contribution in [0.15, 0.2) is 72.8 Å². The molecule has 4 rings (SSSR count). The number of halogens is 2. The minimum Gasteiger partial charge on any atom is -0.478 e. The van der Waals surface area contributed by atoms with Crippen molar-refractivity contribution in [3.05, 3.63) is 100 Å². The summed E-state index contributed by atoms with van der Waals surface area (Å²) in [4.78, 5) is 10.7. The molecule has 0 unspecified atom stereocenters. The molecule has 0 bridgehead atoms. The van der Waals surface area contributed by atoms with Gasteiger partial charge in [-0.25, -0.2) is 4.79 Å². The Balaban J connectivity index is 0.00000306. The molecule has 4 nitrogen and oxygen atoms in total. The molecular weight excluding hydrogens is 457 g/mol. The van der Waals surface area contributed by atoms with E-state index in [0.717, 1.165) is 47.6 Å². The van der Waals surface area contributed by atoms with Gasteiger partial charge in [-0.2, -0.15) is 0 Å². The summed E-state index contributed by atoms with van der Waals surface area (Å²) in [7, 11) is 0. The molecule has 3 aromatic rings. The van der Waals surface area contributed by atoms with E-state index in [1.165, 1.54) is 11.1 Å². The number of aliphatic hydroxyl groups excluding tert-OH is 1. The molecule has 0 fully saturated rings. The van der Waals surface area contributed by atoms with E-state index in [2.05, 4.69) is 23.5 Å². The monoisotopic (exact) mass is 483 g/mol. The smallest absolute Gasteiger partial charge is 0.328 e. The maximum Gasteiger partial charge on any atom is 0.328 e. The van der Waals surface area contributed by atoms with Crippen molar-refractivity contribution in [2.75, 3.05) is 6.54 Å². The summed E-state index contributed by atoms with van der Waals surface area (Å²) in [5.74, 6) is -0.951. The van der Waals surface area contributed by atoms with Crippen molar-refractivity contribution in [1.82, 2.24) is 5.32 Å². The van der Waals surface area contributed by atoms with Crippen LogP contribution in [0.3, 0.4) is 0 Å². The molecule has 0 aromatic heterocycles. The molecule has 0 radical (unpaired) electrons. The van der Waals surface area contributed by atoms with E-state index in [9.17, 15) is 9.90 Å². The second-order valence-electron chi connectivity index (χ2n) is 8.19. The molecule has 1 aliphatic rings. The molecule has 0 saturated heterocycles. The quantitative estimate of drug-likeness (QED) is 0.376. The fourth-order valence-corrected chi connectivity index (χ4v) is 4.27. The highest BCUT2D eigenvalue weighted by Crippen LogP contribution is 2.28. The number of aliphatic carboxylic acids is 1. The maximum absolute atomic E-state index is 10.7. The largest absolute Gasteiger partial charge is 0.478 e. The normalized spacial score (nSPS) is 16.1. The van der Waals surface area contributed by atoms with Crippen LogP contribution < -0.4 is 5.32 Å². The summed E-state index contributed by atoms with van der Waals surface area (Å²) < 4.78 is 0. The molecule has 0 spiro atoms. The van der Waals surface area contributed by atoms with E-state index in [4.69, 9.17) is 16.7 Å². The summed E-state index contributed by atoms with van der Waals surface area (Å²) in [6.45, 7) is 0.507. The van der Waals surface area contributed by atoms with Gasteiger partial charge in [-0.3, -0.25) is 0 Å². The van der Waals surface area contributed by atoms with E-state index in [0.29, 0.717) is 17.6 Å². The topological polar surface area (TPSA) is 69.6 Å². The number of carboxylic acids is 1. The Labute approximate surface area is 205 Å². The number of nitrogens with one attached hydrogen (secondary N) is 1. The van der Waals surface area contributed by atoms with E-state index in [-0.39, 0.29) is 12.4 Å². The van der Waals surface area contributed by atoms with E-state index < -0.39 is 12.1 Å². The molecule has 3 aromatic carbocycles. The first kappa shape index (κ1) is 25.0. The number of aliphatic hydroxyl groups is 1. The molecule has 33 heavy (non-hydrogen) atoms. The number of rotatable bonds is 7. The van der Waals surface area contributed by atoms with Gasteiger partial charge in [-0.05, 0) is 70.9 Å². The molecule has 1 aliphatic carbocycles. The Morgan fingerprint density at radius 1 is 1.03 bits per heavy atom. The van der Waals surface area contributed by atoms with E-state index >= 15 is 0 Å². The van der Waals surface area contributed by atoms with Crippen LogP contribution in [0.1, 0.15) is 34.8 Å². The Morgan fingerprint density at radius 3 is 2.42 bits per heavy atom. The van der Waals surface area contributed by atoms with Gasteiger partial charge >= 0.3 is 5.97 Å². The molecule has 2 atom stereocenters. The Bertz CT molecular complexity index is 1110. The lowest BCUT2D eigenvalue weighted by atomic mass is 9.86. The summed E-state index contributed by atoms with van der Waals surface area (Å²) in [5.41, 5.74) is 6.70. The van der Waals surface area contributed by atoms with Gasteiger partial charge in [0.2, 0.25) is 0 Å². The number of hydrogen-bond donors (Lipinski definition) is 3. The van der Waals surface area contributed by atoms with Crippen LogP contribution in [-0.4, -0.2) is 28.8 Å². The van der Waals surface area contributed by atoms with Crippen molar-refractivity contribution in [2.24, 2.45) is 0 Å². The lowest BCUT2D eigenvalue weighted by molar-refractivity contribution is -0.131. The summed E-state index contributed by atoms with van der Waals surface area (Å²) >= 11 is 5.93. The molecule has 0 aliphatic heterocycles. The molecule has 0 saturated carbocycles. The van der Waals surface area contributed by atoms with Gasteiger partial charge in [-0.1, -0.05) is 66.2 Å². The van der Waals surface area contributed by atoms with Crippen LogP contribution in [0.5, 0.6) is 0 Å². The fourth-order valence-electron chi connectivity index (χ4n) is 4.15. The minimum atomic E-state index is -0.951. The third-order valence-electron chi connectivity index (χ3n) is 5.95. The van der Waals surface area contributed by atoms with Crippen LogP contribution in [0.4, 0.5) is 0 Å². The first-order valence-corrected chi connectivity index (χ1v) is 11.2. The number of aryl methyl sites for hydroxylation is 1. The first-order chi connectivity index (χ1) is 15.5. The lowest BCUT2D eigenvalue weighted by Gasteiger charge is -2.27. The number of carboxylic acid groups (broad SMARTS) is 1. The van der Waals surface area contributed by atoms with Crippen LogP contribution in [0.25, 0.3) is 17.2 Å². The molecule has 172 valence electrons. The second-order valence-corrected chi connectivity index (χ2v) is 8.63. The zero-order valence-electron chi connectivity index (χ0n) is 18.1. The van der Waals surface area contributed by atoms with Crippen molar-refractivity contribution in [2.45, 2.75) is 31.4 Å². The van der Waals surface area contributed by atoms with E-state index in [1.54, 1.807) is 18.2 Å². The minimum absolute atomic E-state index is 0. The Hall–Kier alpha value is -2.63. The van der Waals surface area contributed by atoms with Gasteiger partial charge in [0.05, 0.1) is 6.10 Å². The van der Waals surface area contributed by atoms with Gasteiger partial charge < -0.3 is 15.5 Å². The highest BCUT2D eigenvalue weighted by atomic mass is 35.5. The third-order valence-corrected chi connectivity index (χ3v) is 6.20. The van der Waals surface area contributed by atoms with Crippen molar-refractivity contribution in [1.29, 1.82) is 0 Å². The van der Waals surface area contributed by atoms with Crippen molar-refractivity contribution < 1.29 is 15.0 Å². The van der Waals surface area contributed by atoms with Crippen molar-refractivity contribution >= 4 is 36.1 Å². The highest BCUT2D eigenvalue weighted by Gasteiger charge is 2.20. The van der Waals surface area contributed by atoms with Gasteiger partial charge in [0.1, 0.15) is 0 Å². The number of carbonyl (C=O) groups is 1. The van der Waals surface area contributed by atoms with Crippen LogP contribution >= 0.6 is 24.0 Å². The molecule has 6 heteroatoms. The summed E-state index contributed by atoms with van der Waals surface area (Å²) in [6.07, 6.45) is 5.16. The van der Waals surface area contributed by atoms with Crippen molar-refractivity contribution in [3.63, 3.8) is 0 Å². The predicted octanol–water partition coefficient (Wildman–Crippen LogP) is 5.71. The first-order valence-electron chi connectivity index (χ1n) is 10.8. The molecule has 0 heterocycles. The van der Waals surface area contributed by atoms with Crippen LogP contribution in [0, 0.1) is 0 Å². The average Bonchev–Trinajstić information content (AvgIpc) is 2.81. The highest BCUT2D eigenvalue weighted by molar-refractivity contribution is 6.30. The fraction of sp³-hybridized carbons (Fsp3) is 0.222. The van der Waals surface area contributed by atoms with Gasteiger partial charge in [-0.15, -0.1) is 12.4 Å². The molecule has 0 amide bonds. The van der Waals surface area contributed by atoms with Gasteiger partial charge in [0.15, 0.2) is 0 Å². The predicted molar refractivity (Wildman–Crippen MR) is 136 cm³/mol. The molecule has 3 N–H and O–H groups in total. The summed E-state index contributed by atoms with van der Waals surface area (Å²) in [6, 6.07) is 22.1. The van der Waals surface area contributed by atoms with Crippen LogP contribution in [-0.2, 0) is 17.6 Å². The zero-order chi connectivity index (χ0) is 22.5. The van der Waals surface area contributed by atoms with Gasteiger partial charge in [0, 0.05) is 23.7 Å². The second kappa shape index (κ2) is 11.5. The maximum atomic E-state index is 10.7. The third kappa shape index (κ3) is 6.68. The molecular formula is C27H27Cl2NO3. The SMILES string of the molecule is Cl.O=C(O)/C=C/c1ccc(-c2ccc3c(c2)C[C@@H](NC[C@@H](O)c2ccc(Cl)cc2)CC3)cc1. The number of benzene rings is 3. The lowest BCUT2D eigenvalue weighted by Crippen LogP contribution is -2.37. The van der Waals surface area contributed by atoms with Gasteiger partial charge in [0.25, 0.3) is 0 Å².